The van der Waals surface area contributed by atoms with Crippen molar-refractivity contribution in [3.05, 3.63) is 46.2 Å². The molecule has 1 atom stereocenters. The van der Waals surface area contributed by atoms with E-state index in [1.54, 1.807) is 23.5 Å². The van der Waals surface area contributed by atoms with E-state index in [0.717, 1.165) is 31.7 Å². The number of ether oxygens (including phenoxy) is 2. The molecular weight excluding hydrogens is 393 g/mol. The van der Waals surface area contributed by atoms with E-state index in [1.807, 2.05) is 17.5 Å². The molecule has 0 spiro atoms. The Morgan fingerprint density at radius 3 is 2.48 bits per heavy atom. The van der Waals surface area contributed by atoms with Crippen molar-refractivity contribution in [2.75, 3.05) is 26.2 Å². The van der Waals surface area contributed by atoms with Gasteiger partial charge in [-0.15, -0.1) is 44.9 Å². The molecule has 1 saturated heterocycles. The highest BCUT2D eigenvalue weighted by molar-refractivity contribution is 7.10. The molecule has 1 aromatic carbocycles. The van der Waals surface area contributed by atoms with Crippen LogP contribution < -0.4 is 14.8 Å². The molecule has 0 amide bonds. The molecule has 1 aromatic heterocycles. The minimum Gasteiger partial charge on any atom is -0.395 e. The Morgan fingerprint density at radius 2 is 1.80 bits per heavy atom. The number of alkyl halides is 2. The van der Waals surface area contributed by atoms with Crippen molar-refractivity contribution in [3.63, 3.8) is 0 Å². The average Bonchev–Trinajstić information content (AvgIpc) is 3.14. The number of piperazine rings is 1. The van der Waals surface area contributed by atoms with Gasteiger partial charge in [0.25, 0.3) is 0 Å². The van der Waals surface area contributed by atoms with E-state index in [2.05, 4.69) is 25.8 Å². The SMILES string of the molecule is Cl.Cl.FC1(F)Oc2ccc([C@@H](c3cccs3)N3CCNCC3)cc2O1. The first-order chi connectivity index (χ1) is 11.1. The van der Waals surface area contributed by atoms with Crippen molar-refractivity contribution < 1.29 is 18.3 Å². The minimum atomic E-state index is -3.57. The summed E-state index contributed by atoms with van der Waals surface area (Å²) >= 11 is 1.67. The number of fused-ring (bicyclic) bond motifs is 1. The third-order valence-electron chi connectivity index (χ3n) is 4.07. The minimum absolute atomic E-state index is 0. The maximum Gasteiger partial charge on any atom is 0.586 e. The zero-order chi connectivity index (χ0) is 15.9. The lowest BCUT2D eigenvalue weighted by Crippen LogP contribution is -2.45. The van der Waals surface area contributed by atoms with E-state index < -0.39 is 6.29 Å². The normalized spacial score (nSPS) is 19.6. The molecule has 2 aliphatic rings. The standard InChI is InChI=1S/C16H16F2N2O2S.2ClH/c17-16(18)21-12-4-3-11(10-13(12)22-16)15(14-2-1-9-23-14)20-7-5-19-6-8-20;;/h1-4,9-10,15,19H,5-8H2;2*1H/t15-;;/m0../s1. The number of rotatable bonds is 3. The second-order valence-corrected chi connectivity index (χ2v) is 6.56. The summed E-state index contributed by atoms with van der Waals surface area (Å²) in [5, 5.41) is 5.37. The van der Waals surface area contributed by atoms with Gasteiger partial charge in [0.15, 0.2) is 11.5 Å². The van der Waals surface area contributed by atoms with E-state index in [4.69, 9.17) is 0 Å². The fourth-order valence-electron chi connectivity index (χ4n) is 3.08. The highest BCUT2D eigenvalue weighted by Gasteiger charge is 2.43. The summed E-state index contributed by atoms with van der Waals surface area (Å²) < 4.78 is 35.6. The first-order valence-corrected chi connectivity index (χ1v) is 8.38. The van der Waals surface area contributed by atoms with Gasteiger partial charge in [-0.3, -0.25) is 4.90 Å². The molecule has 1 fully saturated rings. The summed E-state index contributed by atoms with van der Waals surface area (Å²) in [4.78, 5) is 3.55. The molecular formula is C16H18Cl2F2N2O2S. The van der Waals surface area contributed by atoms with E-state index in [9.17, 15) is 8.78 Å². The van der Waals surface area contributed by atoms with E-state index in [-0.39, 0.29) is 42.4 Å². The molecule has 2 aliphatic heterocycles. The smallest absolute Gasteiger partial charge is 0.395 e. The zero-order valence-corrected chi connectivity index (χ0v) is 15.6. The Bertz CT molecular complexity index is 697. The highest BCUT2D eigenvalue weighted by Crippen LogP contribution is 2.43. The molecule has 0 aliphatic carbocycles. The van der Waals surface area contributed by atoms with Crippen molar-refractivity contribution in [2.24, 2.45) is 0 Å². The van der Waals surface area contributed by atoms with Crippen molar-refractivity contribution in [3.8, 4) is 11.5 Å². The van der Waals surface area contributed by atoms with Gasteiger partial charge in [0.05, 0.1) is 6.04 Å². The third-order valence-corrected chi connectivity index (χ3v) is 5.00. The summed E-state index contributed by atoms with van der Waals surface area (Å²) in [5.41, 5.74) is 0.939. The lowest BCUT2D eigenvalue weighted by Gasteiger charge is -2.34. The number of benzene rings is 1. The Kier molecular flexibility index (Phi) is 6.51. The first kappa shape index (κ1) is 20.2. The van der Waals surface area contributed by atoms with E-state index in [0.29, 0.717) is 0 Å². The van der Waals surface area contributed by atoms with Gasteiger partial charge in [-0.2, -0.15) is 0 Å². The van der Waals surface area contributed by atoms with E-state index in [1.165, 1.54) is 4.88 Å². The maximum atomic E-state index is 13.2. The Labute approximate surface area is 160 Å². The van der Waals surface area contributed by atoms with Crippen LogP contribution in [-0.4, -0.2) is 37.4 Å². The van der Waals surface area contributed by atoms with Gasteiger partial charge >= 0.3 is 6.29 Å². The van der Waals surface area contributed by atoms with Crippen LogP contribution >= 0.6 is 36.2 Å². The van der Waals surface area contributed by atoms with Crippen LogP contribution in [-0.2, 0) is 0 Å². The quantitative estimate of drug-likeness (QED) is 0.831. The molecule has 0 unspecified atom stereocenters. The first-order valence-electron chi connectivity index (χ1n) is 7.50. The molecule has 9 heteroatoms. The van der Waals surface area contributed by atoms with Crippen LogP contribution in [0.4, 0.5) is 8.78 Å². The van der Waals surface area contributed by atoms with Crippen LogP contribution in [0.25, 0.3) is 0 Å². The van der Waals surface area contributed by atoms with Crippen LogP contribution in [0.15, 0.2) is 35.7 Å². The number of nitrogens with one attached hydrogen (secondary N) is 1. The number of nitrogens with zero attached hydrogens (tertiary/aromatic N) is 1. The summed E-state index contributed by atoms with van der Waals surface area (Å²) in [5.74, 6) is 0.188. The van der Waals surface area contributed by atoms with Gasteiger partial charge in [0.2, 0.25) is 0 Å². The third kappa shape index (κ3) is 4.17. The molecule has 1 N–H and O–H groups in total. The lowest BCUT2D eigenvalue weighted by molar-refractivity contribution is -0.286. The summed E-state index contributed by atoms with van der Waals surface area (Å²) in [6.45, 7) is 3.66. The molecule has 25 heavy (non-hydrogen) atoms. The van der Waals surface area contributed by atoms with Gasteiger partial charge in [-0.1, -0.05) is 12.1 Å². The Balaban J connectivity index is 0.00000113. The topological polar surface area (TPSA) is 33.7 Å². The lowest BCUT2D eigenvalue weighted by atomic mass is 10.0. The largest absolute Gasteiger partial charge is 0.586 e. The predicted octanol–water partition coefficient (Wildman–Crippen LogP) is 3.91. The fourth-order valence-corrected chi connectivity index (χ4v) is 3.96. The number of thiophene rings is 1. The van der Waals surface area contributed by atoms with Crippen molar-refractivity contribution in [2.45, 2.75) is 12.3 Å². The Morgan fingerprint density at radius 1 is 1.08 bits per heavy atom. The summed E-state index contributed by atoms with van der Waals surface area (Å²) in [6.07, 6.45) is -3.57. The molecule has 3 heterocycles. The van der Waals surface area contributed by atoms with Gasteiger partial charge in [0, 0.05) is 31.1 Å². The molecule has 138 valence electrons. The molecule has 0 bridgehead atoms. The number of hydrogen-bond acceptors (Lipinski definition) is 5. The van der Waals surface area contributed by atoms with Crippen LogP contribution in [0, 0.1) is 0 Å². The number of hydrogen-bond donors (Lipinski definition) is 1. The second kappa shape index (κ2) is 8.05. The molecule has 2 aromatic rings. The maximum absolute atomic E-state index is 13.2. The Hall–Kier alpha value is -1.12. The van der Waals surface area contributed by atoms with Gasteiger partial charge in [-0.05, 0) is 29.1 Å². The van der Waals surface area contributed by atoms with Crippen LogP contribution in [0.2, 0.25) is 0 Å². The molecule has 4 nitrogen and oxygen atoms in total. The monoisotopic (exact) mass is 410 g/mol. The van der Waals surface area contributed by atoms with Gasteiger partial charge in [-0.25, -0.2) is 0 Å². The molecule has 0 radical (unpaired) electrons. The van der Waals surface area contributed by atoms with Crippen LogP contribution in [0.1, 0.15) is 16.5 Å². The fraction of sp³-hybridized carbons (Fsp3) is 0.375. The predicted molar refractivity (Wildman–Crippen MR) is 97.7 cm³/mol. The highest BCUT2D eigenvalue weighted by atomic mass is 35.5. The van der Waals surface area contributed by atoms with Crippen molar-refractivity contribution >= 4 is 36.2 Å². The zero-order valence-electron chi connectivity index (χ0n) is 13.1. The summed E-state index contributed by atoms with van der Waals surface area (Å²) in [6, 6.07) is 9.21. The van der Waals surface area contributed by atoms with Gasteiger partial charge < -0.3 is 14.8 Å². The van der Waals surface area contributed by atoms with Crippen LogP contribution in [0.3, 0.4) is 0 Å². The molecule has 0 saturated carbocycles. The van der Waals surface area contributed by atoms with Crippen molar-refractivity contribution in [1.29, 1.82) is 0 Å². The number of halogens is 4. The second-order valence-electron chi connectivity index (χ2n) is 5.58. The molecule has 4 rings (SSSR count). The van der Waals surface area contributed by atoms with Gasteiger partial charge in [0.1, 0.15) is 0 Å². The van der Waals surface area contributed by atoms with Crippen LogP contribution in [0.5, 0.6) is 11.5 Å². The average molecular weight is 411 g/mol. The van der Waals surface area contributed by atoms with Crippen molar-refractivity contribution in [1.82, 2.24) is 10.2 Å². The summed E-state index contributed by atoms with van der Waals surface area (Å²) in [7, 11) is 0. The van der Waals surface area contributed by atoms with E-state index >= 15 is 0 Å².